The lowest BCUT2D eigenvalue weighted by Crippen LogP contribution is -2.47. The molecule has 1 saturated carbocycles. The van der Waals surface area contributed by atoms with Crippen LogP contribution in [-0.2, 0) is 18.7 Å². The Kier molecular flexibility index (Phi) is 6.12. The zero-order valence-corrected chi connectivity index (χ0v) is 19.8. The summed E-state index contributed by atoms with van der Waals surface area (Å²) in [5.41, 5.74) is -0.590. The molecule has 1 unspecified atom stereocenters. The lowest BCUT2D eigenvalue weighted by atomic mass is 10.0. The van der Waals surface area contributed by atoms with E-state index in [1.807, 2.05) is 0 Å². The van der Waals surface area contributed by atoms with E-state index in [1.54, 1.807) is 32.2 Å². The topological polar surface area (TPSA) is 119 Å². The first kappa shape index (κ1) is 23.8. The number of aliphatic hydroxyl groups excluding tert-OH is 1. The SMILES string of the molecule is Cc1nc2c(OCc3c(F)cccc3F)cccn2c1C(=O)NC(C)(CO)c1nnn(CC2CC2)n1. The van der Waals surface area contributed by atoms with Crippen LogP contribution in [0.2, 0.25) is 0 Å². The Morgan fingerprint density at radius 2 is 2.00 bits per heavy atom. The molecule has 3 aromatic heterocycles. The second-order valence-electron chi connectivity index (χ2n) is 9.16. The van der Waals surface area contributed by atoms with Gasteiger partial charge in [0.1, 0.15) is 29.5 Å². The number of pyridine rings is 1. The number of nitrogens with one attached hydrogen (secondary N) is 1. The lowest BCUT2D eigenvalue weighted by Gasteiger charge is -2.25. The van der Waals surface area contributed by atoms with E-state index in [1.165, 1.54) is 15.3 Å². The van der Waals surface area contributed by atoms with Crippen molar-refractivity contribution in [2.24, 2.45) is 5.92 Å². The molecule has 1 aromatic carbocycles. The standard InChI is InChI=1S/C24H25F2N7O3/c1-14-20(22(35)28-24(2,13-34)23-29-31-33(30-23)11-15-8-9-15)32-10-4-7-19(21(32)27-14)36-12-16-17(25)5-3-6-18(16)26/h3-7,10,15,34H,8-9,11-13H2,1-2H3,(H,28,35). The molecule has 1 atom stereocenters. The number of halogens is 2. The Hall–Kier alpha value is -3.93. The molecule has 0 aliphatic heterocycles. The van der Waals surface area contributed by atoms with Gasteiger partial charge in [-0.15, -0.1) is 10.2 Å². The Morgan fingerprint density at radius 1 is 1.25 bits per heavy atom. The third-order valence-corrected chi connectivity index (χ3v) is 6.21. The number of hydrogen-bond acceptors (Lipinski definition) is 7. The highest BCUT2D eigenvalue weighted by Crippen LogP contribution is 2.30. The largest absolute Gasteiger partial charge is 0.485 e. The summed E-state index contributed by atoms with van der Waals surface area (Å²) in [6, 6.07) is 6.82. The number of fused-ring (bicyclic) bond motifs is 1. The summed E-state index contributed by atoms with van der Waals surface area (Å²) >= 11 is 0. The summed E-state index contributed by atoms with van der Waals surface area (Å²) in [6.45, 7) is 3.11. The third-order valence-electron chi connectivity index (χ3n) is 6.21. The second kappa shape index (κ2) is 9.26. The van der Waals surface area contributed by atoms with E-state index in [2.05, 4.69) is 25.7 Å². The number of ether oxygens (including phenoxy) is 1. The molecule has 1 aliphatic carbocycles. The first-order chi connectivity index (χ1) is 17.3. The lowest BCUT2D eigenvalue weighted by molar-refractivity contribution is 0.0832. The van der Waals surface area contributed by atoms with Crippen molar-refractivity contribution in [3.05, 3.63) is 70.9 Å². The summed E-state index contributed by atoms with van der Waals surface area (Å²) in [5.74, 6) is -0.972. The minimum atomic E-state index is -1.29. The van der Waals surface area contributed by atoms with Gasteiger partial charge in [0, 0.05) is 6.20 Å². The molecule has 5 rings (SSSR count). The van der Waals surface area contributed by atoms with Gasteiger partial charge in [0.2, 0.25) is 5.82 Å². The molecular formula is C24H25F2N7O3. The third kappa shape index (κ3) is 4.51. The number of amides is 1. The predicted octanol–water partition coefficient (Wildman–Crippen LogP) is 2.53. The number of aryl methyl sites for hydroxylation is 1. The fraction of sp³-hybridized carbons (Fsp3) is 0.375. The van der Waals surface area contributed by atoms with E-state index in [9.17, 15) is 18.7 Å². The van der Waals surface area contributed by atoms with E-state index in [0.29, 0.717) is 23.8 Å². The molecular weight excluding hydrogens is 472 g/mol. The van der Waals surface area contributed by atoms with Crippen molar-refractivity contribution >= 4 is 11.6 Å². The average Bonchev–Trinajstić information content (AvgIpc) is 3.40. The minimum absolute atomic E-state index is 0.196. The average molecular weight is 498 g/mol. The molecule has 3 heterocycles. The normalized spacial score (nSPS) is 15.1. The Bertz CT molecular complexity index is 1410. The van der Waals surface area contributed by atoms with Crippen LogP contribution in [0, 0.1) is 24.5 Å². The molecule has 0 saturated heterocycles. The molecule has 10 nitrogen and oxygen atoms in total. The van der Waals surface area contributed by atoms with Gasteiger partial charge in [0.25, 0.3) is 5.91 Å². The fourth-order valence-corrected chi connectivity index (χ4v) is 3.91. The van der Waals surface area contributed by atoms with Crippen molar-refractivity contribution in [1.82, 2.24) is 34.9 Å². The maximum absolute atomic E-state index is 14.0. The molecule has 1 fully saturated rings. The van der Waals surface area contributed by atoms with Gasteiger partial charge in [-0.25, -0.2) is 13.8 Å². The number of hydrogen-bond donors (Lipinski definition) is 2. The smallest absolute Gasteiger partial charge is 0.271 e. The molecule has 0 bridgehead atoms. The van der Waals surface area contributed by atoms with Crippen molar-refractivity contribution < 1.29 is 23.4 Å². The fourth-order valence-electron chi connectivity index (χ4n) is 3.91. The first-order valence-corrected chi connectivity index (χ1v) is 11.5. The molecule has 2 N–H and O–H groups in total. The van der Waals surface area contributed by atoms with Crippen LogP contribution < -0.4 is 10.1 Å². The number of carbonyl (C=O) groups is 1. The van der Waals surface area contributed by atoms with Gasteiger partial charge < -0.3 is 15.2 Å². The van der Waals surface area contributed by atoms with Crippen LogP contribution in [0.25, 0.3) is 5.65 Å². The van der Waals surface area contributed by atoms with Crippen LogP contribution in [0.3, 0.4) is 0 Å². The van der Waals surface area contributed by atoms with Crippen LogP contribution in [0.4, 0.5) is 8.78 Å². The van der Waals surface area contributed by atoms with Crippen molar-refractivity contribution in [1.29, 1.82) is 0 Å². The molecule has 36 heavy (non-hydrogen) atoms. The summed E-state index contributed by atoms with van der Waals surface area (Å²) < 4.78 is 35.2. The summed E-state index contributed by atoms with van der Waals surface area (Å²) in [7, 11) is 0. The molecule has 0 spiro atoms. The maximum atomic E-state index is 14.0. The van der Waals surface area contributed by atoms with Crippen LogP contribution in [-0.4, -0.2) is 47.2 Å². The van der Waals surface area contributed by atoms with Crippen molar-refractivity contribution in [2.45, 2.75) is 45.4 Å². The van der Waals surface area contributed by atoms with E-state index >= 15 is 0 Å². The van der Waals surface area contributed by atoms with Crippen molar-refractivity contribution in [2.75, 3.05) is 6.61 Å². The van der Waals surface area contributed by atoms with Crippen molar-refractivity contribution in [3.8, 4) is 5.75 Å². The monoisotopic (exact) mass is 497 g/mol. The molecule has 188 valence electrons. The Labute approximate surface area is 204 Å². The summed E-state index contributed by atoms with van der Waals surface area (Å²) in [4.78, 5) is 19.3. The highest BCUT2D eigenvalue weighted by Gasteiger charge is 2.35. The summed E-state index contributed by atoms with van der Waals surface area (Å²) in [6.07, 6.45) is 3.87. The maximum Gasteiger partial charge on any atom is 0.271 e. The minimum Gasteiger partial charge on any atom is -0.485 e. The first-order valence-electron chi connectivity index (χ1n) is 11.5. The zero-order valence-electron chi connectivity index (χ0n) is 19.8. The summed E-state index contributed by atoms with van der Waals surface area (Å²) in [5, 5.41) is 25.3. The number of nitrogens with zero attached hydrogens (tertiary/aromatic N) is 6. The number of tetrazole rings is 1. The van der Waals surface area contributed by atoms with Gasteiger partial charge >= 0.3 is 0 Å². The second-order valence-corrected chi connectivity index (χ2v) is 9.16. The molecule has 1 amide bonds. The Morgan fingerprint density at radius 3 is 2.69 bits per heavy atom. The number of carbonyl (C=O) groups excluding carboxylic acids is 1. The Balaban J connectivity index is 1.39. The number of aromatic nitrogens is 6. The van der Waals surface area contributed by atoms with Crippen molar-refractivity contribution in [3.63, 3.8) is 0 Å². The highest BCUT2D eigenvalue weighted by atomic mass is 19.1. The van der Waals surface area contributed by atoms with Crippen LogP contribution >= 0.6 is 0 Å². The van der Waals surface area contributed by atoms with Gasteiger partial charge in [0.15, 0.2) is 11.4 Å². The molecule has 12 heteroatoms. The quantitative estimate of drug-likeness (QED) is 0.365. The van der Waals surface area contributed by atoms with Gasteiger partial charge in [-0.2, -0.15) is 4.80 Å². The van der Waals surface area contributed by atoms with E-state index in [0.717, 1.165) is 25.0 Å². The van der Waals surface area contributed by atoms with Gasteiger partial charge in [-0.1, -0.05) is 6.07 Å². The zero-order chi connectivity index (χ0) is 25.4. The highest BCUT2D eigenvalue weighted by molar-refractivity contribution is 5.95. The van der Waals surface area contributed by atoms with E-state index in [4.69, 9.17) is 4.74 Å². The van der Waals surface area contributed by atoms with E-state index < -0.39 is 29.7 Å². The molecule has 0 radical (unpaired) electrons. The number of aliphatic hydroxyl groups is 1. The molecule has 4 aromatic rings. The number of rotatable bonds is 9. The van der Waals surface area contributed by atoms with Gasteiger partial charge in [0.05, 0.1) is 24.4 Å². The van der Waals surface area contributed by atoms with Crippen LogP contribution in [0.15, 0.2) is 36.5 Å². The van der Waals surface area contributed by atoms with E-state index in [-0.39, 0.29) is 29.4 Å². The number of benzene rings is 1. The van der Waals surface area contributed by atoms with Gasteiger partial charge in [-0.05, 0) is 62.1 Å². The van der Waals surface area contributed by atoms with Crippen LogP contribution in [0.5, 0.6) is 5.75 Å². The predicted molar refractivity (Wildman–Crippen MR) is 123 cm³/mol. The van der Waals surface area contributed by atoms with Crippen LogP contribution in [0.1, 0.15) is 47.3 Å². The molecule has 1 aliphatic rings. The van der Waals surface area contributed by atoms with Gasteiger partial charge in [-0.3, -0.25) is 9.20 Å². The number of imidazole rings is 1.